The number of fused-ring (bicyclic) bond motifs is 1. The molecule has 0 saturated heterocycles. The van der Waals surface area contributed by atoms with Crippen molar-refractivity contribution >= 4 is 16.7 Å². The molecule has 2 aromatic carbocycles. The Morgan fingerprint density at radius 2 is 1.95 bits per heavy atom. The van der Waals surface area contributed by atoms with Crippen molar-refractivity contribution in [1.82, 2.24) is 5.32 Å². The molecule has 1 unspecified atom stereocenters. The van der Waals surface area contributed by atoms with Crippen LogP contribution in [0, 0.1) is 0 Å². The van der Waals surface area contributed by atoms with Gasteiger partial charge in [0.15, 0.2) is 0 Å². The summed E-state index contributed by atoms with van der Waals surface area (Å²) in [7, 11) is 0. The fourth-order valence-electron chi connectivity index (χ4n) is 1.80. The van der Waals surface area contributed by atoms with E-state index in [0.29, 0.717) is 5.56 Å². The first-order valence-electron chi connectivity index (χ1n) is 6.59. The van der Waals surface area contributed by atoms with Crippen LogP contribution >= 0.6 is 0 Å². The molecule has 0 aliphatic rings. The normalized spacial score (nSPS) is 12.3. The van der Waals surface area contributed by atoms with E-state index in [-0.39, 0.29) is 18.7 Å². The van der Waals surface area contributed by atoms with Crippen LogP contribution in [0.25, 0.3) is 10.8 Å². The Labute approximate surface area is 113 Å². The van der Waals surface area contributed by atoms with Crippen LogP contribution in [-0.2, 0) is 4.74 Å². The van der Waals surface area contributed by atoms with Gasteiger partial charge in [0, 0.05) is 5.56 Å². The molecule has 100 valence electrons. The number of hydrogen-bond donors (Lipinski definition) is 1. The summed E-state index contributed by atoms with van der Waals surface area (Å²) in [4.78, 5) is 12.0. The van der Waals surface area contributed by atoms with Gasteiger partial charge in [-0.2, -0.15) is 0 Å². The number of nitrogens with one attached hydrogen (secondary N) is 1. The summed E-state index contributed by atoms with van der Waals surface area (Å²) in [5.41, 5.74) is 0.659. The summed E-state index contributed by atoms with van der Waals surface area (Å²) in [6.45, 7) is 4.29. The van der Waals surface area contributed by atoms with Crippen LogP contribution in [0.3, 0.4) is 0 Å². The van der Waals surface area contributed by atoms with E-state index in [1.54, 1.807) is 0 Å². The molecule has 0 saturated carbocycles. The van der Waals surface area contributed by atoms with E-state index in [2.05, 4.69) is 12.2 Å². The van der Waals surface area contributed by atoms with Gasteiger partial charge in [-0.3, -0.25) is 4.79 Å². The maximum Gasteiger partial charge on any atom is 0.253 e. The minimum Gasteiger partial charge on any atom is -0.358 e. The SMILES string of the molecule is CCC(C)OCNC(=O)c1ccc2ccccc2c1. The molecule has 2 aromatic rings. The predicted octanol–water partition coefficient (Wildman–Crippen LogP) is 3.34. The van der Waals surface area contributed by atoms with E-state index in [1.165, 1.54) is 0 Å². The van der Waals surface area contributed by atoms with Crippen molar-refractivity contribution in [3.05, 3.63) is 48.0 Å². The summed E-state index contributed by atoms with van der Waals surface area (Å²) in [6, 6.07) is 13.7. The molecule has 19 heavy (non-hydrogen) atoms. The van der Waals surface area contributed by atoms with Gasteiger partial charge in [-0.25, -0.2) is 0 Å². The van der Waals surface area contributed by atoms with Gasteiger partial charge in [0.1, 0.15) is 6.73 Å². The van der Waals surface area contributed by atoms with Crippen LogP contribution in [0.4, 0.5) is 0 Å². The van der Waals surface area contributed by atoms with E-state index in [0.717, 1.165) is 17.2 Å². The minimum atomic E-state index is -0.103. The van der Waals surface area contributed by atoms with E-state index >= 15 is 0 Å². The zero-order chi connectivity index (χ0) is 13.7. The molecule has 3 heteroatoms. The van der Waals surface area contributed by atoms with Crippen LogP contribution < -0.4 is 5.32 Å². The van der Waals surface area contributed by atoms with Crippen LogP contribution in [0.15, 0.2) is 42.5 Å². The molecule has 1 atom stereocenters. The summed E-state index contributed by atoms with van der Waals surface area (Å²) < 4.78 is 5.44. The minimum absolute atomic E-state index is 0.103. The zero-order valence-electron chi connectivity index (χ0n) is 11.3. The molecule has 0 bridgehead atoms. The molecule has 0 fully saturated rings. The van der Waals surface area contributed by atoms with Crippen molar-refractivity contribution in [3.8, 4) is 0 Å². The quantitative estimate of drug-likeness (QED) is 0.834. The van der Waals surface area contributed by atoms with Crippen molar-refractivity contribution in [2.45, 2.75) is 26.4 Å². The Morgan fingerprint density at radius 1 is 1.21 bits per heavy atom. The molecular weight excluding hydrogens is 238 g/mol. The maximum absolute atomic E-state index is 12.0. The van der Waals surface area contributed by atoms with Crippen LogP contribution in [0.1, 0.15) is 30.6 Å². The lowest BCUT2D eigenvalue weighted by atomic mass is 10.1. The van der Waals surface area contributed by atoms with Gasteiger partial charge in [-0.15, -0.1) is 0 Å². The van der Waals surface area contributed by atoms with Gasteiger partial charge in [0.2, 0.25) is 0 Å². The monoisotopic (exact) mass is 257 g/mol. The molecule has 0 aliphatic heterocycles. The molecule has 0 aliphatic carbocycles. The van der Waals surface area contributed by atoms with Crippen molar-refractivity contribution in [2.24, 2.45) is 0 Å². The molecule has 1 amide bonds. The Balaban J connectivity index is 2.01. The third-order valence-electron chi connectivity index (χ3n) is 3.19. The summed E-state index contributed by atoms with van der Waals surface area (Å²) in [6.07, 6.45) is 1.10. The molecule has 0 radical (unpaired) electrons. The highest BCUT2D eigenvalue weighted by Gasteiger charge is 2.06. The molecular formula is C16H19NO2. The number of ether oxygens (including phenoxy) is 1. The van der Waals surface area contributed by atoms with Crippen molar-refractivity contribution in [2.75, 3.05) is 6.73 Å². The van der Waals surface area contributed by atoms with Crippen molar-refractivity contribution < 1.29 is 9.53 Å². The lowest BCUT2D eigenvalue weighted by Crippen LogP contribution is -2.28. The average Bonchev–Trinajstić information content (AvgIpc) is 2.46. The van der Waals surface area contributed by atoms with Crippen molar-refractivity contribution in [1.29, 1.82) is 0 Å². The highest BCUT2D eigenvalue weighted by atomic mass is 16.5. The second-order valence-electron chi connectivity index (χ2n) is 4.60. The first kappa shape index (κ1) is 13.6. The molecule has 1 N–H and O–H groups in total. The molecule has 0 spiro atoms. The second-order valence-corrected chi connectivity index (χ2v) is 4.60. The third-order valence-corrected chi connectivity index (χ3v) is 3.19. The fourth-order valence-corrected chi connectivity index (χ4v) is 1.80. The van der Waals surface area contributed by atoms with E-state index < -0.39 is 0 Å². The topological polar surface area (TPSA) is 38.3 Å². The van der Waals surface area contributed by atoms with Crippen LogP contribution in [0.5, 0.6) is 0 Å². The first-order chi connectivity index (χ1) is 9.20. The lowest BCUT2D eigenvalue weighted by molar-refractivity contribution is 0.0458. The Hall–Kier alpha value is -1.87. The number of rotatable bonds is 5. The Kier molecular flexibility index (Phi) is 4.53. The maximum atomic E-state index is 12.0. The summed E-state index contributed by atoms with van der Waals surface area (Å²) >= 11 is 0. The largest absolute Gasteiger partial charge is 0.358 e. The Bertz CT molecular complexity index is 565. The lowest BCUT2D eigenvalue weighted by Gasteiger charge is -2.11. The van der Waals surface area contributed by atoms with E-state index in [4.69, 9.17) is 4.74 Å². The number of amides is 1. The smallest absolute Gasteiger partial charge is 0.253 e. The molecule has 0 aromatic heterocycles. The van der Waals surface area contributed by atoms with Crippen molar-refractivity contribution in [3.63, 3.8) is 0 Å². The van der Waals surface area contributed by atoms with Gasteiger partial charge in [0.05, 0.1) is 6.10 Å². The highest BCUT2D eigenvalue weighted by Crippen LogP contribution is 2.15. The summed E-state index contributed by atoms with van der Waals surface area (Å²) in [5.74, 6) is -0.103. The van der Waals surface area contributed by atoms with Gasteiger partial charge in [-0.1, -0.05) is 37.3 Å². The third kappa shape index (κ3) is 3.55. The molecule has 0 heterocycles. The highest BCUT2D eigenvalue weighted by molar-refractivity contribution is 5.98. The van der Waals surface area contributed by atoms with Gasteiger partial charge < -0.3 is 10.1 Å². The number of hydrogen-bond acceptors (Lipinski definition) is 2. The molecule has 2 rings (SSSR count). The zero-order valence-corrected chi connectivity index (χ0v) is 11.3. The molecule has 3 nitrogen and oxygen atoms in total. The average molecular weight is 257 g/mol. The number of carbonyl (C=O) groups excluding carboxylic acids is 1. The van der Waals surface area contributed by atoms with Crippen LogP contribution in [-0.4, -0.2) is 18.7 Å². The van der Waals surface area contributed by atoms with Gasteiger partial charge in [0.25, 0.3) is 5.91 Å². The first-order valence-corrected chi connectivity index (χ1v) is 6.59. The van der Waals surface area contributed by atoms with Crippen LogP contribution in [0.2, 0.25) is 0 Å². The predicted molar refractivity (Wildman–Crippen MR) is 77.1 cm³/mol. The van der Waals surface area contributed by atoms with Gasteiger partial charge in [-0.05, 0) is 36.2 Å². The fraction of sp³-hybridized carbons (Fsp3) is 0.312. The number of carbonyl (C=O) groups is 1. The number of benzene rings is 2. The Morgan fingerprint density at radius 3 is 2.68 bits per heavy atom. The standard InChI is InChI=1S/C16H19NO2/c1-3-12(2)19-11-17-16(18)15-9-8-13-6-4-5-7-14(13)10-15/h4-10,12H,3,11H2,1-2H3,(H,17,18). The second kappa shape index (κ2) is 6.34. The van der Waals surface area contributed by atoms with E-state index in [9.17, 15) is 4.79 Å². The van der Waals surface area contributed by atoms with E-state index in [1.807, 2.05) is 49.4 Å². The van der Waals surface area contributed by atoms with Gasteiger partial charge >= 0.3 is 0 Å². The summed E-state index contributed by atoms with van der Waals surface area (Å²) in [5, 5.41) is 4.97.